The molecule has 0 saturated carbocycles. The van der Waals surface area contributed by atoms with E-state index in [9.17, 15) is 4.79 Å². The number of nitrogens with zero attached hydrogens (tertiary/aromatic N) is 3. The minimum atomic E-state index is -0.399. The summed E-state index contributed by atoms with van der Waals surface area (Å²) in [4.78, 5) is 26.6. The fraction of sp³-hybridized carbons (Fsp3) is 0.214. The largest absolute Gasteiger partial charge is 0.361 e. The number of amides is 1. The van der Waals surface area contributed by atoms with Crippen molar-refractivity contribution in [1.29, 1.82) is 0 Å². The summed E-state index contributed by atoms with van der Waals surface area (Å²) >= 11 is 0. The molecule has 1 unspecified atom stereocenters. The third-order valence-corrected chi connectivity index (χ3v) is 6.82. The lowest BCUT2D eigenvalue weighted by atomic mass is 10.00. The summed E-state index contributed by atoms with van der Waals surface area (Å²) in [5.41, 5.74) is 5.74. The Morgan fingerprint density at radius 2 is 1.74 bits per heavy atom. The zero-order valence-corrected chi connectivity index (χ0v) is 19.1. The number of carbonyl (C=O) groups excluding carboxylic acids is 1. The number of aliphatic imine (C=N–C) groups is 1. The van der Waals surface area contributed by atoms with Gasteiger partial charge < -0.3 is 20.1 Å². The second kappa shape index (κ2) is 8.47. The normalized spacial score (nSPS) is 20.3. The van der Waals surface area contributed by atoms with Gasteiger partial charge in [-0.15, -0.1) is 0 Å². The fourth-order valence-corrected chi connectivity index (χ4v) is 5.10. The zero-order valence-electron chi connectivity index (χ0n) is 19.1. The number of aromatic amines is 1. The molecule has 2 aliphatic rings. The number of carbonyl (C=O) groups is 1. The van der Waals surface area contributed by atoms with Gasteiger partial charge in [0.1, 0.15) is 11.9 Å². The van der Waals surface area contributed by atoms with Gasteiger partial charge >= 0.3 is 0 Å². The highest BCUT2D eigenvalue weighted by Crippen LogP contribution is 2.32. The molecule has 6 heteroatoms. The molecule has 3 heterocycles. The van der Waals surface area contributed by atoms with Crippen LogP contribution in [-0.4, -0.2) is 60.4 Å². The smallest absolute Gasteiger partial charge is 0.269 e. The van der Waals surface area contributed by atoms with Crippen molar-refractivity contribution in [3.05, 3.63) is 102 Å². The molecule has 0 aliphatic carbocycles. The minimum Gasteiger partial charge on any atom is -0.361 e. The van der Waals surface area contributed by atoms with E-state index in [1.807, 2.05) is 48.5 Å². The third-order valence-electron chi connectivity index (χ3n) is 6.82. The van der Waals surface area contributed by atoms with Gasteiger partial charge in [-0.05, 0) is 25.2 Å². The van der Waals surface area contributed by atoms with Gasteiger partial charge in [0.05, 0.1) is 11.8 Å². The fourth-order valence-electron chi connectivity index (χ4n) is 5.10. The van der Waals surface area contributed by atoms with Crippen LogP contribution in [0.5, 0.6) is 0 Å². The maximum absolute atomic E-state index is 13.4. The summed E-state index contributed by atoms with van der Waals surface area (Å²) in [6.45, 7) is 2.67. The van der Waals surface area contributed by atoms with Gasteiger partial charge in [-0.1, -0.05) is 66.7 Å². The summed E-state index contributed by atoms with van der Waals surface area (Å²) in [6, 6.07) is 28.6. The molecular formula is C28H27N5O. The standard InChI is InChI=1S/C28H27N5O/c1-32-15-16-33-24-14-8-6-12-21(24)26(19-9-3-2-4-10-19)30-27(25(33)18-32)31-28(34)23-17-20-11-5-7-13-22(20)29-23/h2-14,17,25,27,29H,15-16,18H2,1H3,(H,31,34)/t25?,27-/m1/s1. The highest BCUT2D eigenvalue weighted by molar-refractivity contribution is 6.16. The number of nitrogens with one attached hydrogen (secondary N) is 2. The Morgan fingerprint density at radius 1 is 0.971 bits per heavy atom. The Bertz CT molecular complexity index is 1340. The van der Waals surface area contributed by atoms with Crippen LogP contribution in [0.15, 0.2) is 89.9 Å². The average molecular weight is 450 g/mol. The van der Waals surface area contributed by atoms with E-state index >= 15 is 0 Å². The molecule has 1 fully saturated rings. The summed E-state index contributed by atoms with van der Waals surface area (Å²) in [7, 11) is 2.13. The van der Waals surface area contributed by atoms with Crippen LogP contribution in [0.3, 0.4) is 0 Å². The summed E-state index contributed by atoms with van der Waals surface area (Å²) in [5, 5.41) is 4.29. The Labute approximate surface area is 198 Å². The summed E-state index contributed by atoms with van der Waals surface area (Å²) < 4.78 is 0. The van der Waals surface area contributed by atoms with Crippen molar-refractivity contribution in [3.63, 3.8) is 0 Å². The molecule has 2 aliphatic heterocycles. The monoisotopic (exact) mass is 449 g/mol. The van der Waals surface area contributed by atoms with Crippen LogP contribution >= 0.6 is 0 Å². The molecule has 0 bridgehead atoms. The number of hydrogen-bond acceptors (Lipinski definition) is 4. The van der Waals surface area contributed by atoms with Gasteiger partial charge in [-0.2, -0.15) is 0 Å². The van der Waals surface area contributed by atoms with Crippen LogP contribution in [0.4, 0.5) is 5.69 Å². The van der Waals surface area contributed by atoms with Crippen LogP contribution in [0.1, 0.15) is 21.6 Å². The summed E-state index contributed by atoms with van der Waals surface area (Å²) in [6.07, 6.45) is -0.399. The minimum absolute atomic E-state index is 0.0226. The molecular weight excluding hydrogens is 422 g/mol. The van der Waals surface area contributed by atoms with Gasteiger partial charge in [-0.3, -0.25) is 9.79 Å². The maximum Gasteiger partial charge on any atom is 0.269 e. The molecule has 2 atom stereocenters. The van der Waals surface area contributed by atoms with Crippen molar-refractivity contribution in [3.8, 4) is 0 Å². The number of para-hydroxylation sites is 2. The molecule has 0 radical (unpaired) electrons. The predicted octanol–water partition coefficient (Wildman–Crippen LogP) is 3.90. The van der Waals surface area contributed by atoms with E-state index in [4.69, 9.17) is 4.99 Å². The highest BCUT2D eigenvalue weighted by Gasteiger charge is 2.37. The molecule has 0 spiro atoms. The van der Waals surface area contributed by atoms with Crippen molar-refractivity contribution in [1.82, 2.24) is 15.2 Å². The van der Waals surface area contributed by atoms with Crippen LogP contribution in [0.2, 0.25) is 0 Å². The first kappa shape index (κ1) is 20.7. The maximum atomic E-state index is 13.4. The molecule has 6 rings (SSSR count). The Morgan fingerprint density at radius 3 is 2.59 bits per heavy atom. The van der Waals surface area contributed by atoms with E-state index in [-0.39, 0.29) is 11.9 Å². The van der Waals surface area contributed by atoms with E-state index in [0.29, 0.717) is 5.69 Å². The van der Waals surface area contributed by atoms with Gasteiger partial charge in [0.15, 0.2) is 0 Å². The van der Waals surface area contributed by atoms with E-state index in [0.717, 1.165) is 47.4 Å². The van der Waals surface area contributed by atoms with E-state index in [2.05, 4.69) is 63.5 Å². The zero-order chi connectivity index (χ0) is 23.1. The van der Waals surface area contributed by atoms with Crippen molar-refractivity contribution in [2.75, 3.05) is 31.6 Å². The second-order valence-corrected chi connectivity index (χ2v) is 9.07. The number of anilines is 1. The first-order valence-electron chi connectivity index (χ1n) is 11.7. The number of benzene rings is 3. The second-order valence-electron chi connectivity index (χ2n) is 9.07. The average Bonchev–Trinajstić information content (AvgIpc) is 3.26. The molecule has 1 aromatic heterocycles. The number of piperazine rings is 1. The quantitative estimate of drug-likeness (QED) is 0.499. The molecule has 1 saturated heterocycles. The molecule has 3 aromatic carbocycles. The molecule has 2 N–H and O–H groups in total. The predicted molar refractivity (Wildman–Crippen MR) is 137 cm³/mol. The van der Waals surface area contributed by atoms with Crippen LogP contribution in [-0.2, 0) is 0 Å². The van der Waals surface area contributed by atoms with Gasteiger partial charge in [0.2, 0.25) is 0 Å². The van der Waals surface area contributed by atoms with Crippen molar-refractivity contribution < 1.29 is 4.79 Å². The highest BCUT2D eigenvalue weighted by atomic mass is 16.2. The number of hydrogen-bond donors (Lipinski definition) is 2. The van der Waals surface area contributed by atoms with Crippen molar-refractivity contribution >= 4 is 28.2 Å². The first-order valence-corrected chi connectivity index (χ1v) is 11.7. The van der Waals surface area contributed by atoms with Crippen molar-refractivity contribution in [2.45, 2.75) is 12.2 Å². The summed E-state index contributed by atoms with van der Waals surface area (Å²) in [5.74, 6) is -0.142. The van der Waals surface area contributed by atoms with Crippen molar-refractivity contribution in [2.24, 2.45) is 4.99 Å². The molecule has 6 nitrogen and oxygen atoms in total. The van der Waals surface area contributed by atoms with E-state index < -0.39 is 6.17 Å². The Balaban J connectivity index is 1.44. The van der Waals surface area contributed by atoms with Gasteiger partial charge in [0.25, 0.3) is 5.91 Å². The topological polar surface area (TPSA) is 63.7 Å². The molecule has 170 valence electrons. The molecule has 1 amide bonds. The van der Waals surface area contributed by atoms with E-state index in [1.54, 1.807) is 0 Å². The SMILES string of the molecule is CN1CCN2c3ccccc3C(c3ccccc3)=N[C@H](NC(=O)c3cc4ccccc4[nH]3)C2C1. The lowest BCUT2D eigenvalue weighted by molar-refractivity contribution is 0.0920. The van der Waals surface area contributed by atoms with Crippen LogP contribution in [0.25, 0.3) is 10.9 Å². The first-order chi connectivity index (χ1) is 16.7. The Kier molecular flexibility index (Phi) is 5.15. The number of fused-ring (bicyclic) bond motifs is 4. The number of H-pyrrole nitrogens is 1. The molecule has 4 aromatic rings. The van der Waals surface area contributed by atoms with Crippen LogP contribution < -0.4 is 10.2 Å². The number of likely N-dealkylation sites (N-methyl/N-ethyl adjacent to an activating group) is 1. The lowest BCUT2D eigenvalue weighted by Gasteiger charge is -2.43. The number of rotatable bonds is 3. The van der Waals surface area contributed by atoms with Gasteiger partial charge in [-0.25, -0.2) is 0 Å². The van der Waals surface area contributed by atoms with Gasteiger partial charge in [0, 0.05) is 47.4 Å². The number of aromatic nitrogens is 1. The lowest BCUT2D eigenvalue weighted by Crippen LogP contribution is -2.60. The Hall–Kier alpha value is -3.90. The van der Waals surface area contributed by atoms with E-state index in [1.165, 1.54) is 5.69 Å². The third kappa shape index (κ3) is 3.66. The van der Waals surface area contributed by atoms with Crippen LogP contribution in [0, 0.1) is 0 Å². The molecule has 34 heavy (non-hydrogen) atoms.